The van der Waals surface area contributed by atoms with Gasteiger partial charge in [0, 0.05) is 10.6 Å². The molecule has 19 heavy (non-hydrogen) atoms. The van der Waals surface area contributed by atoms with Crippen molar-refractivity contribution in [3.05, 3.63) is 27.7 Å². The van der Waals surface area contributed by atoms with Gasteiger partial charge < -0.3 is 15.2 Å². The largest absolute Gasteiger partial charge is 0.507 e. The van der Waals surface area contributed by atoms with Crippen LogP contribution in [-0.4, -0.2) is 23.7 Å². The van der Waals surface area contributed by atoms with Gasteiger partial charge in [0.2, 0.25) is 0 Å². The van der Waals surface area contributed by atoms with Gasteiger partial charge in [-0.1, -0.05) is 23.2 Å². The van der Waals surface area contributed by atoms with E-state index in [1.807, 2.05) is 5.32 Å². The number of rotatable bonds is 1. The van der Waals surface area contributed by atoms with Crippen LogP contribution in [0.25, 0.3) is 0 Å². The molecule has 1 aromatic rings. The van der Waals surface area contributed by atoms with E-state index in [1.165, 1.54) is 6.07 Å². The third-order valence-corrected chi connectivity index (χ3v) is 2.97. The van der Waals surface area contributed by atoms with Crippen molar-refractivity contribution in [3.8, 4) is 5.75 Å². The molecular formula is C10H8Cl3F2NO3. The highest BCUT2D eigenvalue weighted by Gasteiger charge is 2.48. The van der Waals surface area contributed by atoms with E-state index in [2.05, 4.69) is 4.74 Å². The summed E-state index contributed by atoms with van der Waals surface area (Å²) in [5.74, 6) is -3.90. The smallest absolute Gasteiger partial charge is 0.408 e. The zero-order chi connectivity index (χ0) is 13.5. The molecule has 2 N–H and O–H groups in total. The van der Waals surface area contributed by atoms with Crippen LogP contribution in [0.5, 0.6) is 5.75 Å². The van der Waals surface area contributed by atoms with Gasteiger partial charge >= 0.3 is 12.0 Å². The van der Waals surface area contributed by atoms with Gasteiger partial charge in [0.05, 0.1) is 5.02 Å². The topological polar surface area (TPSA) is 58.6 Å². The van der Waals surface area contributed by atoms with Gasteiger partial charge in [0.25, 0.3) is 0 Å². The lowest BCUT2D eigenvalue weighted by Crippen LogP contribution is -2.49. The number of nitrogens with one attached hydrogen (secondary N) is 1. The minimum absolute atomic E-state index is 0. The molecule has 0 aromatic heterocycles. The lowest BCUT2D eigenvalue weighted by atomic mass is 9.99. The molecule has 1 heterocycles. The third-order valence-electron chi connectivity index (χ3n) is 2.44. The highest BCUT2D eigenvalue weighted by molar-refractivity contribution is 6.35. The summed E-state index contributed by atoms with van der Waals surface area (Å²) >= 11 is 11.4. The van der Waals surface area contributed by atoms with E-state index in [-0.39, 0.29) is 28.0 Å². The Bertz CT molecular complexity index is 490. The lowest BCUT2D eigenvalue weighted by molar-refractivity contribution is -0.104. The van der Waals surface area contributed by atoms with Crippen molar-refractivity contribution in [1.82, 2.24) is 5.32 Å². The van der Waals surface area contributed by atoms with Crippen LogP contribution in [0.4, 0.5) is 13.6 Å². The number of carbonyl (C=O) groups is 1. The maximum atomic E-state index is 13.6. The van der Waals surface area contributed by atoms with Crippen molar-refractivity contribution in [3.63, 3.8) is 0 Å². The number of halogens is 5. The second kappa shape index (κ2) is 5.56. The van der Waals surface area contributed by atoms with Crippen molar-refractivity contribution in [1.29, 1.82) is 0 Å². The Labute approximate surface area is 123 Å². The third kappa shape index (κ3) is 3.13. The molecule has 0 spiro atoms. The van der Waals surface area contributed by atoms with E-state index in [0.29, 0.717) is 0 Å². The number of benzene rings is 1. The van der Waals surface area contributed by atoms with E-state index < -0.39 is 30.4 Å². The zero-order valence-electron chi connectivity index (χ0n) is 9.12. The molecule has 0 radical (unpaired) electrons. The molecule has 4 nitrogen and oxygen atoms in total. The van der Waals surface area contributed by atoms with E-state index in [0.717, 1.165) is 6.07 Å². The first kappa shape index (κ1) is 16.1. The predicted octanol–water partition coefficient (Wildman–Crippen LogP) is 3.54. The molecular weight excluding hydrogens is 326 g/mol. The van der Waals surface area contributed by atoms with E-state index in [1.54, 1.807) is 0 Å². The number of aromatic hydroxyl groups is 1. The van der Waals surface area contributed by atoms with Crippen LogP contribution in [0.15, 0.2) is 12.1 Å². The molecule has 0 bridgehead atoms. The molecule has 0 aliphatic carbocycles. The fraction of sp³-hybridized carbons (Fsp3) is 0.300. The SMILES string of the molecule is Cl.O=C1N[C@@H](c2c(O)cc(Cl)cc2Cl)C(F)(F)CO1. The quantitative estimate of drug-likeness (QED) is 0.826. The molecule has 1 aliphatic heterocycles. The molecule has 1 amide bonds. The molecule has 1 aromatic carbocycles. The first-order chi connectivity index (χ1) is 8.31. The first-order valence-corrected chi connectivity index (χ1v) is 5.56. The number of cyclic esters (lactones) is 1. The standard InChI is InChI=1S/C10H7Cl2F2NO3.ClH/c11-4-1-5(12)7(6(16)2-4)8-10(13,14)3-18-9(17)15-8;/h1-2,8,16H,3H2,(H,15,17);1H/t8-;/m0./s1. The van der Waals surface area contributed by atoms with Gasteiger partial charge in [-0.3, -0.25) is 0 Å². The number of alkyl carbamates (subject to hydrolysis) is 1. The maximum absolute atomic E-state index is 13.6. The summed E-state index contributed by atoms with van der Waals surface area (Å²) < 4.78 is 31.5. The molecule has 1 aliphatic rings. The summed E-state index contributed by atoms with van der Waals surface area (Å²) in [6.45, 7) is -1.08. The fourth-order valence-electron chi connectivity index (χ4n) is 1.65. The number of hydrogen-bond acceptors (Lipinski definition) is 3. The van der Waals surface area contributed by atoms with E-state index >= 15 is 0 Å². The molecule has 2 rings (SSSR count). The summed E-state index contributed by atoms with van der Waals surface area (Å²) in [5.41, 5.74) is -0.289. The van der Waals surface area contributed by atoms with E-state index in [4.69, 9.17) is 23.2 Å². The number of amides is 1. The lowest BCUT2D eigenvalue weighted by Gasteiger charge is -2.32. The van der Waals surface area contributed by atoms with Crippen LogP contribution in [0.2, 0.25) is 10.0 Å². The van der Waals surface area contributed by atoms with Crippen molar-refractivity contribution < 1.29 is 23.4 Å². The van der Waals surface area contributed by atoms with Crippen LogP contribution in [-0.2, 0) is 4.74 Å². The Kier molecular flexibility index (Phi) is 4.71. The van der Waals surface area contributed by atoms with Crippen molar-refractivity contribution in [2.75, 3.05) is 6.61 Å². The van der Waals surface area contributed by atoms with Gasteiger partial charge in [-0.05, 0) is 12.1 Å². The molecule has 0 unspecified atom stereocenters. The number of ether oxygens (including phenoxy) is 1. The second-order valence-corrected chi connectivity index (χ2v) is 4.58. The predicted molar refractivity (Wildman–Crippen MR) is 67.5 cm³/mol. The highest BCUT2D eigenvalue weighted by Crippen LogP contribution is 2.42. The van der Waals surface area contributed by atoms with Gasteiger partial charge in [-0.25, -0.2) is 13.6 Å². The summed E-state index contributed by atoms with van der Waals surface area (Å²) in [7, 11) is 0. The average molecular weight is 335 g/mol. The minimum atomic E-state index is -3.39. The number of alkyl halides is 2. The normalized spacial score (nSPS) is 21.1. The maximum Gasteiger partial charge on any atom is 0.408 e. The van der Waals surface area contributed by atoms with Crippen molar-refractivity contribution in [2.45, 2.75) is 12.0 Å². The average Bonchev–Trinajstić information content (AvgIpc) is 2.22. The monoisotopic (exact) mass is 333 g/mol. The first-order valence-electron chi connectivity index (χ1n) is 4.80. The van der Waals surface area contributed by atoms with Crippen LogP contribution in [0.3, 0.4) is 0 Å². The van der Waals surface area contributed by atoms with Gasteiger partial charge in [-0.2, -0.15) is 0 Å². The molecule has 9 heteroatoms. The molecule has 1 atom stereocenters. The fourth-order valence-corrected chi connectivity index (χ4v) is 2.24. The van der Waals surface area contributed by atoms with Crippen LogP contribution in [0, 0.1) is 0 Å². The number of carbonyl (C=O) groups excluding carboxylic acids is 1. The van der Waals surface area contributed by atoms with Gasteiger partial charge in [0.1, 0.15) is 11.8 Å². The number of phenols is 1. The van der Waals surface area contributed by atoms with Crippen molar-refractivity contribution >= 4 is 41.7 Å². The van der Waals surface area contributed by atoms with Crippen molar-refractivity contribution in [2.24, 2.45) is 0 Å². The Morgan fingerprint density at radius 3 is 2.63 bits per heavy atom. The Morgan fingerprint density at radius 1 is 1.42 bits per heavy atom. The number of hydrogen-bond donors (Lipinski definition) is 2. The summed E-state index contributed by atoms with van der Waals surface area (Å²) in [6.07, 6.45) is -1.00. The summed E-state index contributed by atoms with van der Waals surface area (Å²) in [4.78, 5) is 11.0. The molecule has 1 fully saturated rings. The summed E-state index contributed by atoms with van der Waals surface area (Å²) in [6, 6.07) is 0.514. The zero-order valence-corrected chi connectivity index (χ0v) is 11.5. The van der Waals surface area contributed by atoms with Crippen LogP contribution < -0.4 is 5.32 Å². The highest BCUT2D eigenvalue weighted by atomic mass is 35.5. The Balaban J connectivity index is 0.00000180. The van der Waals surface area contributed by atoms with Crippen LogP contribution >= 0.6 is 35.6 Å². The number of phenolic OH excluding ortho intramolecular Hbond substituents is 1. The molecule has 106 valence electrons. The van der Waals surface area contributed by atoms with Crippen LogP contribution in [0.1, 0.15) is 11.6 Å². The molecule has 0 saturated carbocycles. The minimum Gasteiger partial charge on any atom is -0.507 e. The Morgan fingerprint density at radius 2 is 2.05 bits per heavy atom. The van der Waals surface area contributed by atoms with Gasteiger partial charge in [0.15, 0.2) is 6.61 Å². The summed E-state index contributed by atoms with van der Waals surface area (Å²) in [5, 5.41) is 11.5. The Hall–Kier alpha value is -0.980. The second-order valence-electron chi connectivity index (χ2n) is 3.73. The van der Waals surface area contributed by atoms with Gasteiger partial charge in [-0.15, -0.1) is 12.4 Å². The van der Waals surface area contributed by atoms with E-state index in [9.17, 15) is 18.7 Å². The molecule has 1 saturated heterocycles.